The zero-order valence-electron chi connectivity index (χ0n) is 16.0. The normalized spacial score (nSPS) is 20.5. The Morgan fingerprint density at radius 2 is 2.25 bits per heavy atom. The number of carboxylic acid groups (broad SMARTS) is 1. The largest absolute Gasteiger partial charge is 0.477 e. The van der Waals surface area contributed by atoms with Gasteiger partial charge in [-0.1, -0.05) is 21.9 Å². The molecular formula is C16H13N7O5S4. The van der Waals surface area contributed by atoms with Gasteiger partial charge in [0.2, 0.25) is 0 Å². The number of carbonyl (C=O) groups is 3. The predicted octanol–water partition coefficient (Wildman–Crippen LogP) is 0.0841. The zero-order valence-corrected chi connectivity index (χ0v) is 19.3. The summed E-state index contributed by atoms with van der Waals surface area (Å²) in [6, 6.07) is -0.958. The lowest BCUT2D eigenvalue weighted by molar-refractivity contribution is -0.150. The maximum atomic E-state index is 12.9. The average molecular weight is 512 g/mol. The summed E-state index contributed by atoms with van der Waals surface area (Å²) in [4.78, 5) is 48.3. The minimum absolute atomic E-state index is 0.152. The van der Waals surface area contributed by atoms with Gasteiger partial charge in [-0.15, -0.1) is 28.2 Å². The minimum Gasteiger partial charge on any atom is -0.477 e. The summed E-state index contributed by atoms with van der Waals surface area (Å²) in [6.07, 6.45) is 1.44. The van der Waals surface area contributed by atoms with E-state index < -0.39 is 29.2 Å². The lowest BCUT2D eigenvalue weighted by atomic mass is 10.0. The molecule has 4 heterocycles. The number of thioether (sulfide) groups is 1. The molecule has 2 aromatic rings. The molecule has 32 heavy (non-hydrogen) atoms. The molecule has 0 aromatic carbocycles. The molecule has 2 aliphatic heterocycles. The number of nitrogen functional groups attached to an aromatic ring is 1. The number of hydrogen-bond donors (Lipinski definition) is 3. The van der Waals surface area contributed by atoms with Crippen LogP contribution in [0.2, 0.25) is 0 Å². The number of aromatic nitrogens is 3. The van der Waals surface area contributed by atoms with E-state index in [-0.39, 0.29) is 32.9 Å². The van der Waals surface area contributed by atoms with Crippen molar-refractivity contribution in [2.75, 3.05) is 18.6 Å². The van der Waals surface area contributed by atoms with Crippen LogP contribution in [0.1, 0.15) is 10.6 Å². The Morgan fingerprint density at radius 3 is 2.84 bits per heavy atom. The van der Waals surface area contributed by atoms with Crippen LogP contribution in [0.15, 0.2) is 28.0 Å². The van der Waals surface area contributed by atoms with E-state index >= 15 is 0 Å². The second-order valence-corrected chi connectivity index (χ2v) is 9.49. The molecule has 2 aliphatic rings. The van der Waals surface area contributed by atoms with Crippen LogP contribution in [0.3, 0.4) is 0 Å². The van der Waals surface area contributed by atoms with Crippen LogP contribution in [0, 0.1) is 0 Å². The van der Waals surface area contributed by atoms with Crippen LogP contribution in [0.5, 0.6) is 0 Å². The number of nitrogens with two attached hydrogens (primary N) is 1. The van der Waals surface area contributed by atoms with E-state index in [2.05, 4.69) is 25.0 Å². The first-order valence-electron chi connectivity index (χ1n) is 8.70. The molecule has 16 heteroatoms. The van der Waals surface area contributed by atoms with Crippen molar-refractivity contribution < 1.29 is 24.3 Å². The van der Waals surface area contributed by atoms with Gasteiger partial charge in [0.1, 0.15) is 29.9 Å². The molecule has 4 N–H and O–H groups in total. The van der Waals surface area contributed by atoms with Crippen molar-refractivity contribution in [3.05, 3.63) is 33.4 Å². The standard InChI is InChI=1S/C16H13N7O5S4/c1-28-21-8(6-4-31-16(17)19-6)12(24)20-9-13(25)23-10(15(26)27)5(3-30-14(9)23)11(29)7-2-18-22-32-7/h2,4,9,14H,3H2,1H3,(H2,17,19)(H,20,24)(H,26,27)/b21-8-/t9-,14+/m1/s1. The second kappa shape index (κ2) is 8.89. The summed E-state index contributed by atoms with van der Waals surface area (Å²) in [5.74, 6) is -2.33. The molecule has 1 fully saturated rings. The number of thiocarbonyl (C=S) groups is 1. The number of carbonyl (C=O) groups excluding carboxylic acids is 2. The molecule has 4 rings (SSSR count). The van der Waals surface area contributed by atoms with E-state index in [1.807, 2.05) is 0 Å². The summed E-state index contributed by atoms with van der Waals surface area (Å²) < 4.78 is 3.74. The number of rotatable bonds is 7. The summed E-state index contributed by atoms with van der Waals surface area (Å²) in [7, 11) is 1.27. The van der Waals surface area contributed by atoms with E-state index in [1.54, 1.807) is 0 Å². The van der Waals surface area contributed by atoms with Gasteiger partial charge < -0.3 is 21.0 Å². The quantitative estimate of drug-likeness (QED) is 0.151. The molecule has 2 atom stereocenters. The molecule has 0 saturated carbocycles. The monoisotopic (exact) mass is 511 g/mol. The Morgan fingerprint density at radius 1 is 1.47 bits per heavy atom. The van der Waals surface area contributed by atoms with E-state index in [9.17, 15) is 19.5 Å². The highest BCUT2D eigenvalue weighted by Gasteiger charge is 2.55. The third kappa shape index (κ3) is 3.85. The fraction of sp³-hybridized carbons (Fsp3) is 0.250. The topological polar surface area (TPSA) is 173 Å². The molecule has 0 unspecified atom stereocenters. The van der Waals surface area contributed by atoms with Gasteiger partial charge in [-0.3, -0.25) is 14.5 Å². The molecule has 1 saturated heterocycles. The Balaban J connectivity index is 1.57. The van der Waals surface area contributed by atoms with E-state index in [1.165, 1.54) is 30.4 Å². The molecule has 0 bridgehead atoms. The fourth-order valence-corrected chi connectivity index (χ4v) is 5.92. The minimum atomic E-state index is -1.29. The van der Waals surface area contributed by atoms with E-state index in [4.69, 9.17) is 22.8 Å². The zero-order chi connectivity index (χ0) is 23.0. The maximum Gasteiger partial charge on any atom is 0.353 e. The van der Waals surface area contributed by atoms with Gasteiger partial charge in [0.15, 0.2) is 10.8 Å². The van der Waals surface area contributed by atoms with Crippen molar-refractivity contribution in [3.8, 4) is 0 Å². The van der Waals surface area contributed by atoms with Crippen molar-refractivity contribution in [3.63, 3.8) is 0 Å². The molecule has 166 valence electrons. The van der Waals surface area contributed by atoms with Crippen LogP contribution in [0.25, 0.3) is 0 Å². The van der Waals surface area contributed by atoms with Crippen LogP contribution < -0.4 is 11.1 Å². The van der Waals surface area contributed by atoms with Crippen LogP contribution in [-0.2, 0) is 19.2 Å². The predicted molar refractivity (Wildman–Crippen MR) is 121 cm³/mol. The van der Waals surface area contributed by atoms with E-state index in [0.29, 0.717) is 10.5 Å². The first kappa shape index (κ1) is 22.3. The van der Waals surface area contributed by atoms with Crippen molar-refractivity contribution in [1.82, 2.24) is 24.8 Å². The molecule has 0 radical (unpaired) electrons. The Kier molecular flexibility index (Phi) is 6.18. The lowest BCUT2D eigenvalue weighted by Crippen LogP contribution is -2.71. The number of hydrogen-bond acceptors (Lipinski definition) is 13. The highest BCUT2D eigenvalue weighted by Crippen LogP contribution is 2.41. The first-order chi connectivity index (χ1) is 15.3. The number of oxime groups is 1. The van der Waals surface area contributed by atoms with Gasteiger partial charge in [0.25, 0.3) is 11.8 Å². The second-order valence-electron chi connectivity index (χ2n) is 6.30. The SMILES string of the molecule is CO/N=C(\C(=O)N[C@@H]1C(=O)N2C(C(=O)O)=C(C(=S)c3cnns3)CS[C@@H]12)c1csc(N)n1. The number of anilines is 1. The first-order valence-corrected chi connectivity index (χ1v) is 11.8. The van der Waals surface area contributed by atoms with Gasteiger partial charge in [-0.05, 0) is 11.5 Å². The number of thiazole rings is 1. The third-order valence-electron chi connectivity index (χ3n) is 4.48. The highest BCUT2D eigenvalue weighted by atomic mass is 32.2. The number of aliphatic carboxylic acids is 1. The molecule has 0 spiro atoms. The number of carboxylic acids is 1. The molecule has 0 aliphatic carbocycles. The van der Waals surface area contributed by atoms with Crippen LogP contribution in [0.4, 0.5) is 5.13 Å². The Hall–Kier alpha value is -2.95. The van der Waals surface area contributed by atoms with Gasteiger partial charge in [-0.2, -0.15) is 0 Å². The van der Waals surface area contributed by atoms with E-state index in [0.717, 1.165) is 27.8 Å². The summed E-state index contributed by atoms with van der Waals surface area (Å²) >= 11 is 8.85. The van der Waals surface area contributed by atoms with Crippen LogP contribution >= 0.6 is 46.8 Å². The molecule has 2 amide bonds. The number of amides is 2. The van der Waals surface area contributed by atoms with Crippen molar-refractivity contribution >= 4 is 80.3 Å². The van der Waals surface area contributed by atoms with Gasteiger partial charge in [0.05, 0.1) is 15.9 Å². The number of β-lactam (4-membered cyclic amide) rings is 1. The third-order valence-corrected chi connectivity index (χ3v) is 7.71. The molecular weight excluding hydrogens is 498 g/mol. The molecule has 12 nitrogen and oxygen atoms in total. The van der Waals surface area contributed by atoms with Gasteiger partial charge >= 0.3 is 5.97 Å². The Labute approximate surface area is 197 Å². The summed E-state index contributed by atoms with van der Waals surface area (Å²) in [5.41, 5.74) is 5.78. The van der Waals surface area contributed by atoms with Crippen molar-refractivity contribution in [1.29, 1.82) is 0 Å². The lowest BCUT2D eigenvalue weighted by Gasteiger charge is -2.49. The van der Waals surface area contributed by atoms with Crippen LogP contribution in [-0.4, -0.2) is 77.2 Å². The number of nitrogens with zero attached hydrogens (tertiary/aromatic N) is 5. The fourth-order valence-electron chi connectivity index (χ4n) is 3.11. The Bertz CT molecular complexity index is 1180. The average Bonchev–Trinajstić information content (AvgIpc) is 3.46. The van der Waals surface area contributed by atoms with Gasteiger partial charge in [-0.25, -0.2) is 9.78 Å². The molecule has 2 aromatic heterocycles. The van der Waals surface area contributed by atoms with Gasteiger partial charge in [0, 0.05) is 16.7 Å². The summed E-state index contributed by atoms with van der Waals surface area (Å²) in [5, 5.41) is 20.9. The van der Waals surface area contributed by atoms with Crippen molar-refractivity contribution in [2.45, 2.75) is 11.4 Å². The number of nitrogens with one attached hydrogen (secondary N) is 1. The highest BCUT2D eigenvalue weighted by molar-refractivity contribution is 8.00. The smallest absolute Gasteiger partial charge is 0.353 e. The van der Waals surface area contributed by atoms with Crippen molar-refractivity contribution in [2.24, 2.45) is 5.16 Å². The maximum absolute atomic E-state index is 12.9. The number of fused-ring (bicyclic) bond motifs is 1. The summed E-state index contributed by atoms with van der Waals surface area (Å²) in [6.45, 7) is 0.